The number of carbonyl (C=O) groups excluding carboxylic acids is 1. The second-order valence-electron chi connectivity index (χ2n) is 3.59. The molecule has 0 saturated heterocycles. The first-order valence-electron chi connectivity index (χ1n) is 4.64. The third-order valence-corrected chi connectivity index (χ3v) is 2.56. The topological polar surface area (TPSA) is 86.5 Å². The lowest BCUT2D eigenvalue weighted by atomic mass is 10.1. The van der Waals surface area contributed by atoms with E-state index in [1.807, 2.05) is 0 Å². The molecule has 5 nitrogen and oxygen atoms in total. The number of nitrogens with two attached hydrogens (primary N) is 1. The second-order valence-corrected chi connectivity index (χ2v) is 5.19. The van der Waals surface area contributed by atoms with Gasteiger partial charge in [0.15, 0.2) is 6.10 Å². The number of benzene rings is 1. The maximum atomic E-state index is 13.0. The molecule has 0 aliphatic heterocycles. The van der Waals surface area contributed by atoms with Gasteiger partial charge >= 0.3 is 0 Å². The number of primary amides is 1. The molecule has 1 amide bonds. The predicted molar refractivity (Wildman–Crippen MR) is 59.0 cm³/mol. The van der Waals surface area contributed by atoms with Crippen molar-refractivity contribution in [2.24, 2.45) is 5.73 Å². The van der Waals surface area contributed by atoms with Crippen LogP contribution in [-0.4, -0.2) is 20.6 Å². The first-order chi connectivity index (χ1) is 7.70. The highest BCUT2D eigenvalue weighted by Gasteiger charge is 2.23. The zero-order chi connectivity index (χ0) is 13.2. The number of amides is 1. The van der Waals surface area contributed by atoms with Crippen molar-refractivity contribution in [3.63, 3.8) is 0 Å². The van der Waals surface area contributed by atoms with Crippen LogP contribution in [0.25, 0.3) is 0 Å². The fourth-order valence-electron chi connectivity index (χ4n) is 1.27. The van der Waals surface area contributed by atoms with E-state index < -0.39 is 27.9 Å². The molecule has 17 heavy (non-hydrogen) atoms. The van der Waals surface area contributed by atoms with Crippen LogP contribution in [0, 0.1) is 12.7 Å². The largest absolute Gasteiger partial charge is 0.367 e. The Hall–Kier alpha value is -1.47. The maximum absolute atomic E-state index is 13.0. The molecule has 1 aromatic rings. The van der Waals surface area contributed by atoms with Gasteiger partial charge in [-0.2, -0.15) is 8.42 Å². The van der Waals surface area contributed by atoms with Crippen LogP contribution in [0.1, 0.15) is 17.2 Å². The number of carbonyl (C=O) groups is 1. The number of hydrogen-bond acceptors (Lipinski definition) is 4. The number of hydrogen-bond donors (Lipinski definition) is 1. The Kier molecular flexibility index (Phi) is 3.84. The Labute approximate surface area is 98.5 Å². The molecule has 1 atom stereocenters. The summed E-state index contributed by atoms with van der Waals surface area (Å²) in [5.41, 5.74) is 5.51. The predicted octanol–water partition coefficient (Wildman–Crippen LogP) is 0.637. The zero-order valence-electron chi connectivity index (χ0n) is 9.31. The third kappa shape index (κ3) is 3.79. The summed E-state index contributed by atoms with van der Waals surface area (Å²) in [5, 5.41) is 0. The summed E-state index contributed by atoms with van der Waals surface area (Å²) in [6.45, 7) is 1.48. The second kappa shape index (κ2) is 4.80. The van der Waals surface area contributed by atoms with E-state index >= 15 is 0 Å². The lowest BCUT2D eigenvalue weighted by molar-refractivity contribution is -0.124. The molecule has 0 fully saturated rings. The van der Waals surface area contributed by atoms with E-state index in [2.05, 4.69) is 4.18 Å². The molecule has 0 aliphatic carbocycles. The quantitative estimate of drug-likeness (QED) is 0.806. The zero-order valence-corrected chi connectivity index (χ0v) is 10.1. The van der Waals surface area contributed by atoms with E-state index in [1.54, 1.807) is 0 Å². The van der Waals surface area contributed by atoms with Gasteiger partial charge in [0.2, 0.25) is 0 Å². The van der Waals surface area contributed by atoms with Gasteiger partial charge in [-0.3, -0.25) is 8.98 Å². The molecule has 0 radical (unpaired) electrons. The van der Waals surface area contributed by atoms with Gasteiger partial charge in [-0.25, -0.2) is 4.39 Å². The van der Waals surface area contributed by atoms with Crippen molar-refractivity contribution in [2.75, 3.05) is 6.26 Å². The average Bonchev–Trinajstić information content (AvgIpc) is 2.17. The van der Waals surface area contributed by atoms with Gasteiger partial charge in [0.1, 0.15) is 5.82 Å². The molecule has 0 saturated carbocycles. The lowest BCUT2D eigenvalue weighted by Gasteiger charge is -2.13. The number of aryl methyl sites for hydroxylation is 1. The van der Waals surface area contributed by atoms with Gasteiger partial charge in [0.05, 0.1) is 6.26 Å². The third-order valence-electron chi connectivity index (χ3n) is 2.01. The molecular weight excluding hydrogens is 249 g/mol. The van der Waals surface area contributed by atoms with Crippen molar-refractivity contribution in [2.45, 2.75) is 13.0 Å². The summed E-state index contributed by atoms with van der Waals surface area (Å²) < 4.78 is 39.5. The number of halogens is 1. The van der Waals surface area contributed by atoms with Gasteiger partial charge in [-0.05, 0) is 30.2 Å². The van der Waals surface area contributed by atoms with Crippen molar-refractivity contribution in [3.8, 4) is 0 Å². The molecule has 1 unspecified atom stereocenters. The lowest BCUT2D eigenvalue weighted by Crippen LogP contribution is -2.26. The summed E-state index contributed by atoms with van der Waals surface area (Å²) in [6.07, 6.45) is -0.636. The molecule has 2 N–H and O–H groups in total. The van der Waals surface area contributed by atoms with Crippen molar-refractivity contribution < 1.29 is 21.8 Å². The molecule has 94 valence electrons. The smallest absolute Gasteiger partial charge is 0.265 e. The van der Waals surface area contributed by atoms with Crippen LogP contribution >= 0.6 is 0 Å². The fraction of sp³-hybridized carbons (Fsp3) is 0.300. The molecule has 0 spiro atoms. The van der Waals surface area contributed by atoms with Gasteiger partial charge in [-0.1, -0.05) is 6.07 Å². The van der Waals surface area contributed by atoms with Crippen LogP contribution in [0.2, 0.25) is 0 Å². The summed E-state index contributed by atoms with van der Waals surface area (Å²) >= 11 is 0. The SMILES string of the molecule is Cc1cc(C(OS(C)(=O)=O)C(N)=O)ccc1F. The van der Waals surface area contributed by atoms with Crippen LogP contribution < -0.4 is 5.73 Å². The van der Waals surface area contributed by atoms with Crippen molar-refractivity contribution in [3.05, 3.63) is 35.1 Å². The van der Waals surface area contributed by atoms with Crippen molar-refractivity contribution in [1.82, 2.24) is 0 Å². The highest BCUT2D eigenvalue weighted by Crippen LogP contribution is 2.21. The van der Waals surface area contributed by atoms with Crippen LogP contribution in [0.15, 0.2) is 18.2 Å². The minimum absolute atomic E-state index is 0.196. The van der Waals surface area contributed by atoms with Crippen molar-refractivity contribution in [1.29, 1.82) is 0 Å². The Morgan fingerprint density at radius 3 is 2.47 bits per heavy atom. The van der Waals surface area contributed by atoms with Gasteiger partial charge < -0.3 is 5.73 Å². The van der Waals surface area contributed by atoms with Crippen LogP contribution in [0.3, 0.4) is 0 Å². The average molecular weight is 261 g/mol. The van der Waals surface area contributed by atoms with Gasteiger partial charge in [0, 0.05) is 0 Å². The minimum atomic E-state index is -3.83. The van der Waals surface area contributed by atoms with Crippen molar-refractivity contribution >= 4 is 16.0 Å². The maximum Gasteiger partial charge on any atom is 0.265 e. The Bertz CT molecular complexity index is 541. The summed E-state index contributed by atoms with van der Waals surface area (Å²) in [4.78, 5) is 11.1. The Morgan fingerprint density at radius 1 is 1.47 bits per heavy atom. The highest BCUT2D eigenvalue weighted by molar-refractivity contribution is 7.86. The fourth-order valence-corrected chi connectivity index (χ4v) is 1.83. The van der Waals surface area contributed by atoms with E-state index in [0.717, 1.165) is 12.3 Å². The first kappa shape index (κ1) is 13.6. The molecule has 0 heterocycles. The van der Waals surface area contributed by atoms with Crippen LogP contribution in [-0.2, 0) is 19.1 Å². The minimum Gasteiger partial charge on any atom is -0.367 e. The monoisotopic (exact) mass is 261 g/mol. The van der Waals surface area contributed by atoms with E-state index in [-0.39, 0.29) is 11.1 Å². The molecule has 0 aliphatic rings. The highest BCUT2D eigenvalue weighted by atomic mass is 32.2. The summed E-state index contributed by atoms with van der Waals surface area (Å²) in [6, 6.07) is 3.69. The molecular formula is C10H12FNO4S. The van der Waals surface area contributed by atoms with Gasteiger partial charge in [-0.15, -0.1) is 0 Å². The van der Waals surface area contributed by atoms with E-state index in [4.69, 9.17) is 5.73 Å². The first-order valence-corrected chi connectivity index (χ1v) is 6.46. The van der Waals surface area contributed by atoms with E-state index in [0.29, 0.717) is 0 Å². The molecule has 0 bridgehead atoms. The molecule has 1 rings (SSSR count). The standard InChI is InChI=1S/C10H12FNO4S/c1-6-5-7(3-4-8(6)11)9(10(12)13)16-17(2,14)15/h3-5,9H,1-2H3,(H2,12,13). The Morgan fingerprint density at radius 2 is 2.06 bits per heavy atom. The molecule has 0 aromatic heterocycles. The van der Waals surface area contributed by atoms with E-state index in [1.165, 1.54) is 19.1 Å². The van der Waals surface area contributed by atoms with Crippen LogP contribution in [0.4, 0.5) is 4.39 Å². The van der Waals surface area contributed by atoms with Gasteiger partial charge in [0.25, 0.3) is 16.0 Å². The Balaban J connectivity index is 3.15. The van der Waals surface area contributed by atoms with Crippen LogP contribution in [0.5, 0.6) is 0 Å². The van der Waals surface area contributed by atoms with E-state index in [9.17, 15) is 17.6 Å². The summed E-state index contributed by atoms with van der Waals surface area (Å²) in [5.74, 6) is -1.42. The number of rotatable bonds is 4. The molecule has 1 aromatic carbocycles. The summed E-state index contributed by atoms with van der Waals surface area (Å²) in [7, 11) is -3.83. The molecule has 7 heteroatoms. The normalized spacial score (nSPS) is 13.4.